The van der Waals surface area contributed by atoms with E-state index in [0.717, 1.165) is 22.5 Å². The van der Waals surface area contributed by atoms with Crippen molar-refractivity contribution < 1.29 is 4.74 Å². The van der Waals surface area contributed by atoms with Crippen molar-refractivity contribution in [3.63, 3.8) is 0 Å². The normalized spacial score (nSPS) is 10.6. The van der Waals surface area contributed by atoms with Crippen LogP contribution in [-0.2, 0) is 0 Å². The molecule has 0 saturated carbocycles. The number of nitrogen functional groups attached to an aromatic ring is 1. The molecule has 0 spiro atoms. The number of hydrogen-bond acceptors (Lipinski definition) is 9. The molecule has 0 atom stereocenters. The first-order chi connectivity index (χ1) is 15.6. The summed E-state index contributed by atoms with van der Waals surface area (Å²) in [5.74, 6) is 9.92. The fraction of sp³-hybridized carbons (Fsp3) is 0.0952. The van der Waals surface area contributed by atoms with Crippen LogP contribution in [0.5, 0.6) is 5.75 Å². The molecule has 0 bridgehead atoms. The van der Waals surface area contributed by atoms with Gasteiger partial charge in [-0.3, -0.25) is 21.2 Å². The Balaban J connectivity index is 0.00000119. The predicted octanol–water partition coefficient (Wildman–Crippen LogP) is 1.96. The summed E-state index contributed by atoms with van der Waals surface area (Å²) in [5.41, 5.74) is 10.7. The number of imidazole rings is 1. The molecule has 5 aromatic rings. The van der Waals surface area contributed by atoms with Crippen LogP contribution in [0.1, 0.15) is 5.82 Å². The molecule has 0 saturated heterocycles. The van der Waals surface area contributed by atoms with Gasteiger partial charge in [0.2, 0.25) is 5.95 Å². The topological polar surface area (TPSA) is 172 Å². The number of aryl methyl sites for hydroxylation is 1. The fourth-order valence-electron chi connectivity index (χ4n) is 3.41. The standard InChI is InChI=1S/C21H18N8O.H4N2/c1-12-24-20(27-21(22)25-12)19-18(16-8-9-23-28-16)26-17-7-6-14(11-29(17)19)13-4-3-5-15(10-13)30-2;1-2/h3-11H,1-2H3,(H,23,28)(H2,22,24,25,27);1-2H2. The third-order valence-electron chi connectivity index (χ3n) is 4.74. The Morgan fingerprint density at radius 2 is 1.81 bits per heavy atom. The van der Waals surface area contributed by atoms with Gasteiger partial charge in [0.05, 0.1) is 7.11 Å². The second-order valence-electron chi connectivity index (χ2n) is 6.71. The molecule has 1 aromatic carbocycles. The van der Waals surface area contributed by atoms with E-state index in [0.29, 0.717) is 28.7 Å². The van der Waals surface area contributed by atoms with Crippen LogP contribution in [0.2, 0.25) is 0 Å². The Hall–Kier alpha value is -4.35. The lowest BCUT2D eigenvalue weighted by Gasteiger charge is -2.08. The minimum atomic E-state index is 0.157. The van der Waals surface area contributed by atoms with E-state index in [4.69, 9.17) is 15.5 Å². The summed E-state index contributed by atoms with van der Waals surface area (Å²) in [6.45, 7) is 1.78. The third-order valence-corrected chi connectivity index (χ3v) is 4.74. The molecule has 0 amide bonds. The molecule has 32 heavy (non-hydrogen) atoms. The van der Waals surface area contributed by atoms with Crippen molar-refractivity contribution in [1.29, 1.82) is 0 Å². The summed E-state index contributed by atoms with van der Waals surface area (Å²) < 4.78 is 7.32. The van der Waals surface area contributed by atoms with E-state index in [2.05, 4.69) is 36.8 Å². The predicted molar refractivity (Wildman–Crippen MR) is 121 cm³/mol. The summed E-state index contributed by atoms with van der Waals surface area (Å²) in [6, 6.07) is 13.7. The molecular weight excluding hydrogens is 408 g/mol. The molecule has 11 nitrogen and oxygen atoms in total. The SMILES string of the molecule is COc1cccc(-c2ccc3nc(-c4cc[nH]n4)c(-c4nc(C)nc(N)n4)n3c2)c1.NN. The maximum absolute atomic E-state index is 5.90. The van der Waals surface area contributed by atoms with Crippen molar-refractivity contribution in [3.05, 3.63) is 60.7 Å². The number of benzene rings is 1. The smallest absolute Gasteiger partial charge is 0.223 e. The summed E-state index contributed by atoms with van der Waals surface area (Å²) in [5, 5.41) is 7.13. The van der Waals surface area contributed by atoms with Crippen molar-refractivity contribution in [2.75, 3.05) is 12.8 Å². The number of aromatic amines is 1. The number of nitrogens with one attached hydrogen (secondary N) is 1. The van der Waals surface area contributed by atoms with Crippen LogP contribution in [0, 0.1) is 6.92 Å². The van der Waals surface area contributed by atoms with Gasteiger partial charge in [-0.2, -0.15) is 15.1 Å². The molecule has 7 N–H and O–H groups in total. The van der Waals surface area contributed by atoms with E-state index < -0.39 is 0 Å². The van der Waals surface area contributed by atoms with Gasteiger partial charge < -0.3 is 10.5 Å². The van der Waals surface area contributed by atoms with Crippen LogP contribution in [0.25, 0.3) is 39.7 Å². The van der Waals surface area contributed by atoms with E-state index in [-0.39, 0.29) is 5.95 Å². The first kappa shape index (κ1) is 20.9. The zero-order valence-electron chi connectivity index (χ0n) is 17.5. The summed E-state index contributed by atoms with van der Waals surface area (Å²) in [4.78, 5) is 17.7. The molecule has 4 aromatic heterocycles. The monoisotopic (exact) mass is 430 g/mol. The van der Waals surface area contributed by atoms with Gasteiger partial charge in [0.15, 0.2) is 5.82 Å². The Bertz CT molecular complexity index is 1340. The van der Waals surface area contributed by atoms with Crippen molar-refractivity contribution in [3.8, 4) is 39.8 Å². The van der Waals surface area contributed by atoms with Crippen molar-refractivity contribution in [1.82, 2.24) is 34.5 Å². The Labute approximate surface area is 183 Å². The minimum absolute atomic E-state index is 0.157. The van der Waals surface area contributed by atoms with Crippen LogP contribution in [-0.4, -0.2) is 41.6 Å². The molecule has 0 aliphatic heterocycles. The van der Waals surface area contributed by atoms with Gasteiger partial charge >= 0.3 is 0 Å². The summed E-state index contributed by atoms with van der Waals surface area (Å²) in [7, 11) is 1.65. The molecule has 4 heterocycles. The number of anilines is 1. The highest BCUT2D eigenvalue weighted by Crippen LogP contribution is 2.32. The number of nitrogens with two attached hydrogens (primary N) is 3. The highest BCUT2D eigenvalue weighted by molar-refractivity contribution is 5.79. The number of pyridine rings is 1. The van der Waals surface area contributed by atoms with Crippen molar-refractivity contribution in [2.45, 2.75) is 6.92 Å². The van der Waals surface area contributed by atoms with E-state index in [1.165, 1.54) is 0 Å². The Morgan fingerprint density at radius 1 is 0.969 bits per heavy atom. The lowest BCUT2D eigenvalue weighted by Crippen LogP contribution is -2.04. The number of hydrogen-bond donors (Lipinski definition) is 4. The second kappa shape index (κ2) is 8.79. The maximum atomic E-state index is 5.90. The average molecular weight is 430 g/mol. The fourth-order valence-corrected chi connectivity index (χ4v) is 3.41. The van der Waals surface area contributed by atoms with E-state index in [1.807, 2.05) is 53.1 Å². The highest BCUT2D eigenvalue weighted by Gasteiger charge is 2.21. The molecule has 0 radical (unpaired) electrons. The van der Waals surface area contributed by atoms with Gasteiger partial charge in [-0.1, -0.05) is 12.1 Å². The Morgan fingerprint density at radius 3 is 2.53 bits per heavy atom. The molecule has 0 aliphatic carbocycles. The van der Waals surface area contributed by atoms with Gasteiger partial charge in [0.1, 0.15) is 34.3 Å². The average Bonchev–Trinajstić information content (AvgIpc) is 3.47. The van der Waals surface area contributed by atoms with Crippen LogP contribution < -0.4 is 22.2 Å². The van der Waals surface area contributed by atoms with Crippen LogP contribution in [0.4, 0.5) is 5.95 Å². The molecule has 5 rings (SSSR count). The van der Waals surface area contributed by atoms with E-state index in [9.17, 15) is 0 Å². The molecular formula is C21H22N10O. The number of hydrazine groups is 1. The van der Waals surface area contributed by atoms with Crippen molar-refractivity contribution in [2.24, 2.45) is 11.7 Å². The van der Waals surface area contributed by atoms with Crippen LogP contribution in [0.3, 0.4) is 0 Å². The number of fused-ring (bicyclic) bond motifs is 1. The van der Waals surface area contributed by atoms with Gasteiger partial charge in [0, 0.05) is 12.4 Å². The van der Waals surface area contributed by atoms with Gasteiger partial charge in [-0.25, -0.2) is 9.97 Å². The zero-order valence-corrected chi connectivity index (χ0v) is 17.5. The van der Waals surface area contributed by atoms with E-state index in [1.54, 1.807) is 20.2 Å². The highest BCUT2D eigenvalue weighted by atomic mass is 16.5. The number of nitrogens with zero attached hydrogens (tertiary/aromatic N) is 6. The van der Waals surface area contributed by atoms with Crippen LogP contribution in [0.15, 0.2) is 54.9 Å². The van der Waals surface area contributed by atoms with Gasteiger partial charge in [0.25, 0.3) is 0 Å². The zero-order chi connectivity index (χ0) is 22.7. The Kier molecular flexibility index (Phi) is 5.75. The largest absolute Gasteiger partial charge is 0.497 e. The minimum Gasteiger partial charge on any atom is -0.497 e. The first-order valence-corrected chi connectivity index (χ1v) is 9.61. The maximum Gasteiger partial charge on any atom is 0.223 e. The molecule has 0 aliphatic rings. The third kappa shape index (κ3) is 3.85. The molecule has 162 valence electrons. The molecule has 0 unspecified atom stereocenters. The van der Waals surface area contributed by atoms with Crippen LogP contribution >= 0.6 is 0 Å². The number of methoxy groups -OCH3 is 1. The van der Waals surface area contributed by atoms with Gasteiger partial charge in [-0.05, 0) is 48.4 Å². The summed E-state index contributed by atoms with van der Waals surface area (Å²) >= 11 is 0. The number of aromatic nitrogens is 7. The number of ether oxygens (including phenoxy) is 1. The molecule has 0 fully saturated rings. The lowest BCUT2D eigenvalue weighted by atomic mass is 10.1. The lowest BCUT2D eigenvalue weighted by molar-refractivity contribution is 0.415. The quantitative estimate of drug-likeness (QED) is 0.245. The second-order valence-corrected chi connectivity index (χ2v) is 6.71. The molecule has 11 heteroatoms. The van der Waals surface area contributed by atoms with Crippen molar-refractivity contribution >= 4 is 11.6 Å². The first-order valence-electron chi connectivity index (χ1n) is 9.61. The number of rotatable bonds is 4. The number of H-pyrrole nitrogens is 1. The van der Waals surface area contributed by atoms with Gasteiger partial charge in [-0.15, -0.1) is 0 Å². The summed E-state index contributed by atoms with van der Waals surface area (Å²) in [6.07, 6.45) is 3.75. The van der Waals surface area contributed by atoms with E-state index >= 15 is 0 Å².